The lowest BCUT2D eigenvalue weighted by Crippen LogP contribution is -2.34. The zero-order valence-corrected chi connectivity index (χ0v) is 7.04. The van der Waals surface area contributed by atoms with Crippen molar-refractivity contribution in [3.63, 3.8) is 0 Å². The summed E-state index contributed by atoms with van der Waals surface area (Å²) in [5.74, 6) is 2.29. The molecule has 0 bridgehead atoms. The topological polar surface area (TPSA) is 29.1 Å². The number of rotatable bonds is 1. The number of hydrogen-bond donors (Lipinski definition) is 1. The monoisotopic (exact) mass is 159 g/mol. The highest BCUT2D eigenvalue weighted by atomic mass is 32.2. The molecule has 1 N–H and O–H groups in total. The van der Waals surface area contributed by atoms with Gasteiger partial charge in [0.25, 0.3) is 0 Å². The second-order valence-electron chi connectivity index (χ2n) is 2.50. The van der Waals surface area contributed by atoms with E-state index in [0.717, 1.165) is 17.9 Å². The van der Waals surface area contributed by atoms with E-state index in [2.05, 4.69) is 12.2 Å². The largest absolute Gasteiger partial charge is 0.353 e. The third-order valence-corrected chi connectivity index (χ3v) is 2.78. The standard InChI is InChI=1S/C7H13NOS/c1-2-6-5-10-4-3-7(9)8-6/h6H,2-5H2,1H3,(H,8,9). The minimum Gasteiger partial charge on any atom is -0.353 e. The maximum atomic E-state index is 10.9. The van der Waals surface area contributed by atoms with Crippen LogP contribution in [-0.2, 0) is 4.79 Å². The highest BCUT2D eigenvalue weighted by Crippen LogP contribution is 2.10. The average Bonchev–Trinajstić information content (AvgIpc) is 2.13. The molecule has 1 saturated heterocycles. The molecule has 10 heavy (non-hydrogen) atoms. The van der Waals surface area contributed by atoms with Crippen LogP contribution in [0.3, 0.4) is 0 Å². The first-order chi connectivity index (χ1) is 4.83. The third kappa shape index (κ3) is 2.21. The van der Waals surface area contributed by atoms with Crippen molar-refractivity contribution >= 4 is 17.7 Å². The molecule has 1 unspecified atom stereocenters. The van der Waals surface area contributed by atoms with E-state index < -0.39 is 0 Å². The lowest BCUT2D eigenvalue weighted by Gasteiger charge is -2.11. The van der Waals surface area contributed by atoms with E-state index in [0.29, 0.717) is 12.5 Å². The summed E-state index contributed by atoms with van der Waals surface area (Å²) in [5, 5.41) is 2.97. The predicted octanol–water partition coefficient (Wildman–Crippen LogP) is 1.02. The minimum absolute atomic E-state index is 0.219. The van der Waals surface area contributed by atoms with Crippen LogP contribution in [0.5, 0.6) is 0 Å². The zero-order valence-electron chi connectivity index (χ0n) is 6.22. The molecule has 0 aliphatic carbocycles. The molecule has 3 heteroatoms. The Hall–Kier alpha value is -0.180. The van der Waals surface area contributed by atoms with Gasteiger partial charge < -0.3 is 5.32 Å². The Labute approximate surface area is 65.8 Å². The van der Waals surface area contributed by atoms with Gasteiger partial charge in [-0.15, -0.1) is 0 Å². The molecule has 1 amide bonds. The van der Waals surface area contributed by atoms with Crippen LogP contribution in [0.15, 0.2) is 0 Å². The number of amides is 1. The number of nitrogens with one attached hydrogen (secondary N) is 1. The molecule has 0 aromatic carbocycles. The molecular formula is C7H13NOS. The van der Waals surface area contributed by atoms with Gasteiger partial charge in [0.15, 0.2) is 0 Å². The SMILES string of the molecule is CCC1CSCCC(=O)N1. The summed E-state index contributed by atoms with van der Waals surface area (Å²) in [6.45, 7) is 2.11. The summed E-state index contributed by atoms with van der Waals surface area (Å²) < 4.78 is 0. The highest BCUT2D eigenvalue weighted by molar-refractivity contribution is 7.99. The van der Waals surface area contributed by atoms with Crippen molar-refractivity contribution in [1.82, 2.24) is 5.32 Å². The second kappa shape index (κ2) is 3.86. The number of carbonyl (C=O) groups excluding carboxylic acids is 1. The molecule has 0 spiro atoms. The molecule has 1 heterocycles. The average molecular weight is 159 g/mol. The molecule has 1 aliphatic rings. The summed E-state index contributed by atoms with van der Waals surface area (Å²) in [6, 6.07) is 0.417. The van der Waals surface area contributed by atoms with Gasteiger partial charge >= 0.3 is 0 Å². The van der Waals surface area contributed by atoms with E-state index in [4.69, 9.17) is 0 Å². The van der Waals surface area contributed by atoms with Crippen LogP contribution < -0.4 is 5.32 Å². The van der Waals surface area contributed by atoms with E-state index in [1.807, 2.05) is 11.8 Å². The first-order valence-corrected chi connectivity index (χ1v) is 4.85. The van der Waals surface area contributed by atoms with Crippen LogP contribution in [0.2, 0.25) is 0 Å². The van der Waals surface area contributed by atoms with Crippen LogP contribution in [0.1, 0.15) is 19.8 Å². The molecule has 58 valence electrons. The van der Waals surface area contributed by atoms with E-state index >= 15 is 0 Å². The summed E-state index contributed by atoms with van der Waals surface area (Å²) in [7, 11) is 0. The lowest BCUT2D eigenvalue weighted by atomic mass is 10.2. The zero-order chi connectivity index (χ0) is 7.40. The van der Waals surface area contributed by atoms with E-state index in [1.165, 1.54) is 0 Å². The van der Waals surface area contributed by atoms with Crippen molar-refractivity contribution in [3.8, 4) is 0 Å². The molecule has 2 nitrogen and oxygen atoms in total. The Morgan fingerprint density at radius 1 is 1.80 bits per heavy atom. The minimum atomic E-state index is 0.219. The van der Waals surface area contributed by atoms with Gasteiger partial charge in [-0.1, -0.05) is 6.92 Å². The van der Waals surface area contributed by atoms with E-state index in [-0.39, 0.29) is 5.91 Å². The van der Waals surface area contributed by atoms with Gasteiger partial charge in [-0.3, -0.25) is 4.79 Å². The normalized spacial score (nSPS) is 27.3. The van der Waals surface area contributed by atoms with Gasteiger partial charge in [0.05, 0.1) is 0 Å². The second-order valence-corrected chi connectivity index (χ2v) is 3.65. The Bertz CT molecular complexity index is 127. The fourth-order valence-corrected chi connectivity index (χ4v) is 2.05. The number of hydrogen-bond acceptors (Lipinski definition) is 2. The summed E-state index contributed by atoms with van der Waals surface area (Å²) in [5.41, 5.74) is 0. The van der Waals surface area contributed by atoms with Gasteiger partial charge in [-0.05, 0) is 6.42 Å². The van der Waals surface area contributed by atoms with Crippen LogP contribution in [0, 0.1) is 0 Å². The Balaban J connectivity index is 2.38. The number of carbonyl (C=O) groups is 1. The molecule has 0 saturated carbocycles. The van der Waals surface area contributed by atoms with Gasteiger partial charge in [0.2, 0.25) is 5.91 Å². The Morgan fingerprint density at radius 2 is 2.60 bits per heavy atom. The summed E-state index contributed by atoms with van der Waals surface area (Å²) >= 11 is 1.87. The molecule has 0 radical (unpaired) electrons. The van der Waals surface area contributed by atoms with Gasteiger partial charge in [0, 0.05) is 24.0 Å². The van der Waals surface area contributed by atoms with Gasteiger partial charge in [-0.2, -0.15) is 11.8 Å². The fraction of sp³-hybridized carbons (Fsp3) is 0.857. The van der Waals surface area contributed by atoms with Crippen molar-refractivity contribution in [2.45, 2.75) is 25.8 Å². The smallest absolute Gasteiger partial charge is 0.221 e. The first kappa shape index (κ1) is 7.92. The van der Waals surface area contributed by atoms with Crippen LogP contribution in [0.25, 0.3) is 0 Å². The number of thioether (sulfide) groups is 1. The van der Waals surface area contributed by atoms with Gasteiger partial charge in [-0.25, -0.2) is 0 Å². The Morgan fingerprint density at radius 3 is 3.30 bits per heavy atom. The molecule has 0 aromatic rings. The van der Waals surface area contributed by atoms with Crippen LogP contribution in [0.4, 0.5) is 0 Å². The van der Waals surface area contributed by atoms with E-state index in [9.17, 15) is 4.79 Å². The van der Waals surface area contributed by atoms with Crippen LogP contribution in [-0.4, -0.2) is 23.5 Å². The lowest BCUT2D eigenvalue weighted by molar-refractivity contribution is -0.121. The molecule has 1 fully saturated rings. The quantitative estimate of drug-likeness (QED) is 0.619. The van der Waals surface area contributed by atoms with Crippen LogP contribution >= 0.6 is 11.8 Å². The van der Waals surface area contributed by atoms with Gasteiger partial charge in [0.1, 0.15) is 0 Å². The molecule has 1 rings (SSSR count). The molecule has 1 atom stereocenters. The van der Waals surface area contributed by atoms with Crippen molar-refractivity contribution < 1.29 is 4.79 Å². The van der Waals surface area contributed by atoms with E-state index in [1.54, 1.807) is 0 Å². The molecule has 1 aliphatic heterocycles. The molecule has 0 aromatic heterocycles. The highest BCUT2D eigenvalue weighted by Gasteiger charge is 2.13. The Kier molecular flexibility index (Phi) is 3.06. The third-order valence-electron chi connectivity index (χ3n) is 1.65. The first-order valence-electron chi connectivity index (χ1n) is 3.70. The summed E-state index contributed by atoms with van der Waals surface area (Å²) in [6.07, 6.45) is 1.75. The molecular weight excluding hydrogens is 146 g/mol. The van der Waals surface area contributed by atoms with Crippen molar-refractivity contribution in [2.24, 2.45) is 0 Å². The summed E-state index contributed by atoms with van der Waals surface area (Å²) in [4.78, 5) is 10.9. The van der Waals surface area contributed by atoms with Crippen molar-refractivity contribution in [3.05, 3.63) is 0 Å². The van der Waals surface area contributed by atoms with Crippen molar-refractivity contribution in [1.29, 1.82) is 0 Å². The fourth-order valence-electron chi connectivity index (χ4n) is 0.952. The van der Waals surface area contributed by atoms with Crippen molar-refractivity contribution in [2.75, 3.05) is 11.5 Å². The predicted molar refractivity (Wildman–Crippen MR) is 44.2 cm³/mol. The maximum Gasteiger partial charge on any atom is 0.221 e. The maximum absolute atomic E-state index is 10.9.